The molecule has 4 rings (SSSR count). The Morgan fingerprint density at radius 2 is 1.73 bits per heavy atom. The zero-order valence-electron chi connectivity index (χ0n) is 22.7. The van der Waals surface area contributed by atoms with E-state index in [0.29, 0.717) is 16.8 Å². The van der Waals surface area contributed by atoms with E-state index in [9.17, 15) is 23.9 Å². The topological polar surface area (TPSA) is 124 Å². The van der Waals surface area contributed by atoms with Crippen molar-refractivity contribution in [2.24, 2.45) is 0 Å². The predicted octanol–water partition coefficient (Wildman–Crippen LogP) is 4.73. The highest BCUT2D eigenvalue weighted by molar-refractivity contribution is 7.17. The van der Waals surface area contributed by atoms with Gasteiger partial charge in [0.1, 0.15) is 16.5 Å². The van der Waals surface area contributed by atoms with Crippen molar-refractivity contribution in [1.82, 2.24) is 4.98 Å². The largest absolute Gasteiger partial charge is 0.507 e. The third kappa shape index (κ3) is 4.86. The van der Waals surface area contributed by atoms with Gasteiger partial charge in [0, 0.05) is 5.56 Å². The summed E-state index contributed by atoms with van der Waals surface area (Å²) in [5, 5.41) is 11.4. The molecule has 40 heavy (non-hydrogen) atoms. The van der Waals surface area contributed by atoms with Crippen molar-refractivity contribution >= 4 is 39.9 Å². The summed E-state index contributed by atoms with van der Waals surface area (Å²) < 4.78 is 35.9. The quantitative estimate of drug-likeness (QED) is 0.177. The average Bonchev–Trinajstić information content (AvgIpc) is 3.45. The molecule has 10 nitrogen and oxygen atoms in total. The van der Waals surface area contributed by atoms with Gasteiger partial charge in [0.25, 0.3) is 5.78 Å². The number of rotatable bonds is 8. The Bertz CT molecular complexity index is 1520. The standard InChI is InChI=1S/C28H27FN2O8S/c1-7-39-27(35)25-14(3)30-28(40-25)31-21(16-11-18(36-4)24(38-6)19(12-16)37-5)20(23(33)26(31)34)22(32)15-9-8-13(2)17(29)10-15/h8-12,21,32H,7H2,1-6H3/t21-/m1/s1. The predicted molar refractivity (Wildman–Crippen MR) is 145 cm³/mol. The van der Waals surface area contributed by atoms with Gasteiger partial charge in [-0.1, -0.05) is 23.5 Å². The van der Waals surface area contributed by atoms with Crippen molar-refractivity contribution in [3.05, 3.63) is 69.0 Å². The molecular weight excluding hydrogens is 543 g/mol. The van der Waals surface area contributed by atoms with Crippen LogP contribution in [0.1, 0.15) is 45.0 Å². The molecule has 0 bridgehead atoms. The second kappa shape index (κ2) is 11.3. The molecule has 1 amide bonds. The summed E-state index contributed by atoms with van der Waals surface area (Å²) in [6.07, 6.45) is 0. The molecule has 1 aliphatic rings. The molecule has 1 fully saturated rings. The van der Waals surface area contributed by atoms with Gasteiger partial charge in [0.2, 0.25) is 5.75 Å². The van der Waals surface area contributed by atoms with Gasteiger partial charge in [-0.15, -0.1) is 0 Å². The number of methoxy groups -OCH3 is 3. The molecule has 12 heteroatoms. The molecule has 2 heterocycles. The number of Topliss-reactive ketones (excluding diaryl/α,β-unsaturated/α-hetero) is 1. The summed E-state index contributed by atoms with van der Waals surface area (Å²) in [4.78, 5) is 45.1. The number of carbonyl (C=O) groups excluding carboxylic acids is 3. The van der Waals surface area contributed by atoms with E-state index < -0.39 is 35.3 Å². The fourth-order valence-corrected chi connectivity index (χ4v) is 5.36. The van der Waals surface area contributed by atoms with Crippen LogP contribution in [0.4, 0.5) is 9.52 Å². The summed E-state index contributed by atoms with van der Waals surface area (Å²) in [5.41, 5.74) is 0.620. The highest BCUT2D eigenvalue weighted by atomic mass is 32.1. The minimum atomic E-state index is -1.25. The first kappa shape index (κ1) is 28.6. The van der Waals surface area contributed by atoms with Gasteiger partial charge in [-0.25, -0.2) is 14.2 Å². The Balaban J connectivity index is 2.01. The van der Waals surface area contributed by atoms with Crippen LogP contribution in [0.2, 0.25) is 0 Å². The number of halogens is 1. The number of carbonyl (C=O) groups is 3. The SMILES string of the molecule is CCOC(=O)c1sc(N2C(=O)C(=O)C(=C(O)c3ccc(C)c(F)c3)[C@H]2c2cc(OC)c(OC)c(OC)c2)nc1C. The highest BCUT2D eigenvalue weighted by Gasteiger charge is 2.49. The van der Waals surface area contributed by atoms with E-state index in [-0.39, 0.29) is 45.0 Å². The maximum Gasteiger partial charge on any atom is 0.350 e. The number of amides is 1. The molecule has 0 radical (unpaired) electrons. The molecule has 0 aliphatic carbocycles. The van der Waals surface area contributed by atoms with Crippen LogP contribution in [-0.2, 0) is 14.3 Å². The van der Waals surface area contributed by atoms with Crippen molar-refractivity contribution < 1.29 is 42.8 Å². The van der Waals surface area contributed by atoms with E-state index >= 15 is 0 Å². The van der Waals surface area contributed by atoms with Gasteiger partial charge in [0.15, 0.2) is 16.6 Å². The number of anilines is 1. The van der Waals surface area contributed by atoms with Gasteiger partial charge in [-0.05, 0) is 50.1 Å². The fourth-order valence-electron chi connectivity index (χ4n) is 4.37. The number of aliphatic hydroxyl groups is 1. The smallest absolute Gasteiger partial charge is 0.350 e. The monoisotopic (exact) mass is 570 g/mol. The summed E-state index contributed by atoms with van der Waals surface area (Å²) in [6.45, 7) is 4.92. The summed E-state index contributed by atoms with van der Waals surface area (Å²) >= 11 is 0.866. The van der Waals surface area contributed by atoms with Gasteiger partial charge in [0.05, 0.1) is 45.2 Å². The molecule has 1 aliphatic heterocycles. The van der Waals surface area contributed by atoms with Gasteiger partial charge in [-0.3, -0.25) is 14.5 Å². The first-order valence-corrected chi connectivity index (χ1v) is 12.9. The third-order valence-electron chi connectivity index (χ3n) is 6.34. The Morgan fingerprint density at radius 3 is 2.27 bits per heavy atom. The number of nitrogens with zero attached hydrogens (tertiary/aromatic N) is 2. The minimum absolute atomic E-state index is 0.000994. The van der Waals surface area contributed by atoms with Crippen LogP contribution < -0.4 is 19.1 Å². The average molecular weight is 571 g/mol. The number of benzene rings is 2. The lowest BCUT2D eigenvalue weighted by molar-refractivity contribution is -0.132. The molecule has 0 unspecified atom stereocenters. The van der Waals surface area contributed by atoms with Gasteiger partial charge in [-0.2, -0.15) is 0 Å². The molecule has 0 spiro atoms. The number of aromatic nitrogens is 1. The molecule has 3 aromatic rings. The molecule has 1 N–H and O–H groups in total. The number of hydrogen-bond acceptors (Lipinski definition) is 10. The van der Waals surface area contributed by atoms with E-state index in [1.54, 1.807) is 20.8 Å². The van der Waals surface area contributed by atoms with E-state index in [0.717, 1.165) is 22.3 Å². The molecule has 210 valence electrons. The number of hydrogen-bond donors (Lipinski definition) is 1. The number of aryl methyl sites for hydroxylation is 2. The number of thiazole rings is 1. The number of esters is 1. The summed E-state index contributed by atoms with van der Waals surface area (Å²) in [6, 6.07) is 5.78. The number of ether oxygens (including phenoxy) is 4. The third-order valence-corrected chi connectivity index (χ3v) is 7.48. The second-order valence-corrected chi connectivity index (χ2v) is 9.70. The van der Waals surface area contributed by atoms with Gasteiger partial charge < -0.3 is 24.1 Å². The van der Waals surface area contributed by atoms with Crippen LogP contribution in [0.25, 0.3) is 5.76 Å². The molecule has 1 aromatic heterocycles. The van der Waals surface area contributed by atoms with Crippen molar-refractivity contribution in [2.45, 2.75) is 26.8 Å². The van der Waals surface area contributed by atoms with Crippen LogP contribution in [0.5, 0.6) is 17.2 Å². The second-order valence-electron chi connectivity index (χ2n) is 8.72. The minimum Gasteiger partial charge on any atom is -0.507 e. The maximum atomic E-state index is 14.4. The van der Waals surface area contributed by atoms with Crippen molar-refractivity contribution in [3.63, 3.8) is 0 Å². The maximum absolute atomic E-state index is 14.4. The Morgan fingerprint density at radius 1 is 1.07 bits per heavy atom. The molecule has 2 aromatic carbocycles. The highest BCUT2D eigenvalue weighted by Crippen LogP contribution is 2.48. The van der Waals surface area contributed by atoms with E-state index in [4.69, 9.17) is 18.9 Å². The van der Waals surface area contributed by atoms with Crippen LogP contribution in [0.3, 0.4) is 0 Å². The Labute approximate surface area is 233 Å². The lowest BCUT2D eigenvalue weighted by Gasteiger charge is -2.24. The zero-order chi connectivity index (χ0) is 29.3. The number of aliphatic hydroxyl groups excluding tert-OH is 1. The number of ketones is 1. The van der Waals surface area contributed by atoms with Crippen LogP contribution in [-0.4, -0.2) is 55.7 Å². The van der Waals surface area contributed by atoms with Crippen molar-refractivity contribution in [2.75, 3.05) is 32.8 Å². The van der Waals surface area contributed by atoms with E-state index in [1.807, 2.05) is 0 Å². The van der Waals surface area contributed by atoms with Crippen LogP contribution >= 0.6 is 11.3 Å². The Hall–Kier alpha value is -4.45. The van der Waals surface area contributed by atoms with Gasteiger partial charge >= 0.3 is 11.9 Å². The zero-order valence-corrected chi connectivity index (χ0v) is 23.5. The lowest BCUT2D eigenvalue weighted by atomic mass is 9.94. The molecular formula is C28H27FN2O8S. The summed E-state index contributed by atoms with van der Waals surface area (Å²) in [7, 11) is 4.24. The summed E-state index contributed by atoms with van der Waals surface area (Å²) in [5.74, 6) is -3.12. The first-order valence-electron chi connectivity index (χ1n) is 12.1. The first-order chi connectivity index (χ1) is 19.1. The molecule has 1 saturated heterocycles. The molecule has 0 saturated carbocycles. The fraction of sp³-hybridized carbons (Fsp3) is 0.286. The van der Waals surface area contributed by atoms with Crippen LogP contribution in [0.15, 0.2) is 35.9 Å². The van der Waals surface area contributed by atoms with Crippen molar-refractivity contribution in [1.29, 1.82) is 0 Å². The van der Waals surface area contributed by atoms with E-state index in [1.165, 1.54) is 45.6 Å². The van der Waals surface area contributed by atoms with Crippen molar-refractivity contribution in [3.8, 4) is 17.2 Å². The lowest BCUT2D eigenvalue weighted by Crippen LogP contribution is -2.29. The normalized spacial score (nSPS) is 16.3. The Kier molecular flexibility index (Phi) is 8.10. The van der Waals surface area contributed by atoms with E-state index in [2.05, 4.69) is 4.98 Å². The van der Waals surface area contributed by atoms with Crippen LogP contribution in [0, 0.1) is 19.7 Å². The molecule has 1 atom stereocenters.